The average molecular weight is 282 g/mol. The Morgan fingerprint density at radius 1 is 1.40 bits per heavy atom. The lowest BCUT2D eigenvalue weighted by molar-refractivity contribution is -0.144. The summed E-state index contributed by atoms with van der Waals surface area (Å²) in [6.45, 7) is 11.2. The Kier molecular flexibility index (Phi) is 6.05. The number of carboxylic acids is 1. The summed E-state index contributed by atoms with van der Waals surface area (Å²) in [6.07, 6.45) is 2.41. The zero-order valence-electron chi connectivity index (χ0n) is 12.8. The third-order valence-corrected chi connectivity index (χ3v) is 3.93. The standard InChI is InChI=1S/C15H26N2O3/c1-5-12-7-8-17(13(9-12)14(18)19)15(20)16(6-2)10-11(3)4/h12-13H,3,5-10H2,1-2,4H3,(H,18,19). The number of likely N-dealkylation sites (N-methyl/N-ethyl adjacent to an activating group) is 1. The van der Waals surface area contributed by atoms with Crippen LogP contribution < -0.4 is 0 Å². The molecule has 1 saturated heterocycles. The number of aliphatic carboxylic acids is 1. The normalized spacial score (nSPS) is 22.4. The van der Waals surface area contributed by atoms with E-state index in [9.17, 15) is 14.7 Å². The van der Waals surface area contributed by atoms with Gasteiger partial charge in [-0.3, -0.25) is 0 Å². The Morgan fingerprint density at radius 2 is 2.05 bits per heavy atom. The van der Waals surface area contributed by atoms with E-state index in [1.54, 1.807) is 4.90 Å². The van der Waals surface area contributed by atoms with Crippen LogP contribution in [0.15, 0.2) is 12.2 Å². The molecule has 0 radical (unpaired) electrons. The number of rotatable bonds is 5. The van der Waals surface area contributed by atoms with Crippen molar-refractivity contribution in [1.82, 2.24) is 9.80 Å². The predicted molar refractivity (Wildman–Crippen MR) is 78.6 cm³/mol. The van der Waals surface area contributed by atoms with E-state index in [0.29, 0.717) is 32.0 Å². The lowest BCUT2D eigenvalue weighted by atomic mass is 9.89. The molecule has 1 rings (SSSR count). The topological polar surface area (TPSA) is 60.9 Å². The van der Waals surface area contributed by atoms with Crippen LogP contribution in [-0.2, 0) is 4.79 Å². The summed E-state index contributed by atoms with van der Waals surface area (Å²) in [6, 6.07) is -0.877. The molecule has 0 spiro atoms. The molecule has 1 N–H and O–H groups in total. The lowest BCUT2D eigenvalue weighted by Gasteiger charge is -2.39. The number of carboxylic acid groups (broad SMARTS) is 1. The first-order chi connectivity index (χ1) is 9.40. The summed E-state index contributed by atoms with van der Waals surface area (Å²) in [5.41, 5.74) is 0.899. The van der Waals surface area contributed by atoms with Gasteiger partial charge >= 0.3 is 12.0 Å². The van der Waals surface area contributed by atoms with Gasteiger partial charge in [0.25, 0.3) is 0 Å². The van der Waals surface area contributed by atoms with Gasteiger partial charge < -0.3 is 14.9 Å². The van der Waals surface area contributed by atoms with Gasteiger partial charge in [-0.1, -0.05) is 25.5 Å². The fourth-order valence-corrected chi connectivity index (χ4v) is 2.69. The van der Waals surface area contributed by atoms with E-state index >= 15 is 0 Å². The zero-order valence-corrected chi connectivity index (χ0v) is 12.8. The molecule has 2 unspecified atom stereocenters. The van der Waals surface area contributed by atoms with Crippen molar-refractivity contribution in [3.05, 3.63) is 12.2 Å². The molecule has 114 valence electrons. The highest BCUT2D eigenvalue weighted by Gasteiger charge is 2.37. The quantitative estimate of drug-likeness (QED) is 0.788. The molecule has 5 heteroatoms. The number of likely N-dealkylation sites (tertiary alicyclic amines) is 1. The largest absolute Gasteiger partial charge is 0.480 e. The number of amides is 2. The Morgan fingerprint density at radius 3 is 2.50 bits per heavy atom. The van der Waals surface area contributed by atoms with E-state index in [1.165, 1.54) is 4.90 Å². The van der Waals surface area contributed by atoms with Gasteiger partial charge in [0, 0.05) is 19.6 Å². The third-order valence-electron chi connectivity index (χ3n) is 3.93. The molecule has 1 heterocycles. The minimum absolute atomic E-state index is 0.183. The van der Waals surface area contributed by atoms with Crippen LogP contribution in [0.5, 0.6) is 0 Å². The molecular weight excluding hydrogens is 256 g/mol. The van der Waals surface area contributed by atoms with Crippen LogP contribution in [0.3, 0.4) is 0 Å². The number of nitrogens with zero attached hydrogens (tertiary/aromatic N) is 2. The molecule has 1 aliphatic rings. The molecule has 0 aromatic carbocycles. The highest BCUT2D eigenvalue weighted by atomic mass is 16.4. The SMILES string of the molecule is C=C(C)CN(CC)C(=O)N1CCC(CC)CC1C(=O)O. The fourth-order valence-electron chi connectivity index (χ4n) is 2.69. The maximum Gasteiger partial charge on any atom is 0.326 e. The lowest BCUT2D eigenvalue weighted by Crippen LogP contribution is -2.54. The van der Waals surface area contributed by atoms with E-state index in [0.717, 1.165) is 18.4 Å². The van der Waals surface area contributed by atoms with Crippen molar-refractivity contribution in [2.24, 2.45) is 5.92 Å². The van der Waals surface area contributed by atoms with E-state index in [2.05, 4.69) is 13.5 Å². The molecular formula is C15H26N2O3. The molecule has 1 aliphatic heterocycles. The molecule has 0 aliphatic carbocycles. The first-order valence-corrected chi connectivity index (χ1v) is 7.33. The molecule has 20 heavy (non-hydrogen) atoms. The summed E-state index contributed by atoms with van der Waals surface area (Å²) in [5, 5.41) is 9.38. The van der Waals surface area contributed by atoms with Gasteiger partial charge in [0.1, 0.15) is 6.04 Å². The number of urea groups is 1. The second-order valence-corrected chi connectivity index (χ2v) is 5.60. The van der Waals surface area contributed by atoms with Crippen LogP contribution in [0.25, 0.3) is 0 Å². The number of carbonyl (C=O) groups excluding carboxylic acids is 1. The molecule has 2 atom stereocenters. The van der Waals surface area contributed by atoms with Crippen molar-refractivity contribution < 1.29 is 14.7 Å². The molecule has 0 saturated carbocycles. The van der Waals surface area contributed by atoms with Crippen LogP contribution in [0.4, 0.5) is 4.79 Å². The minimum Gasteiger partial charge on any atom is -0.480 e. The Bertz CT molecular complexity index is 381. The second kappa shape index (κ2) is 7.31. The van der Waals surface area contributed by atoms with Gasteiger partial charge in [0.2, 0.25) is 0 Å². The summed E-state index contributed by atoms with van der Waals surface area (Å²) >= 11 is 0. The summed E-state index contributed by atoms with van der Waals surface area (Å²) in [5.74, 6) is -0.501. The summed E-state index contributed by atoms with van der Waals surface area (Å²) < 4.78 is 0. The molecule has 2 amide bonds. The first-order valence-electron chi connectivity index (χ1n) is 7.33. The van der Waals surface area contributed by atoms with Crippen molar-refractivity contribution >= 4 is 12.0 Å². The van der Waals surface area contributed by atoms with Gasteiger partial charge in [-0.2, -0.15) is 0 Å². The smallest absolute Gasteiger partial charge is 0.326 e. The highest BCUT2D eigenvalue weighted by Crippen LogP contribution is 2.26. The van der Waals surface area contributed by atoms with Crippen LogP contribution in [0, 0.1) is 5.92 Å². The minimum atomic E-state index is -0.900. The maximum atomic E-state index is 12.5. The first kappa shape index (κ1) is 16.5. The Labute approximate surface area is 121 Å². The molecule has 0 bridgehead atoms. The van der Waals surface area contributed by atoms with Gasteiger partial charge in [-0.15, -0.1) is 0 Å². The van der Waals surface area contributed by atoms with Crippen molar-refractivity contribution in [3.63, 3.8) is 0 Å². The van der Waals surface area contributed by atoms with E-state index < -0.39 is 12.0 Å². The fraction of sp³-hybridized carbons (Fsp3) is 0.733. The predicted octanol–water partition coefficient (Wildman–Crippen LogP) is 2.58. The van der Waals surface area contributed by atoms with Gasteiger partial charge in [-0.25, -0.2) is 9.59 Å². The number of hydrogen-bond donors (Lipinski definition) is 1. The van der Waals surface area contributed by atoms with Crippen LogP contribution in [0.2, 0.25) is 0 Å². The Hall–Kier alpha value is -1.52. The van der Waals surface area contributed by atoms with Gasteiger partial charge in [-0.05, 0) is 32.6 Å². The summed E-state index contributed by atoms with van der Waals surface area (Å²) in [7, 11) is 0. The molecule has 0 aromatic rings. The van der Waals surface area contributed by atoms with Crippen LogP contribution in [-0.4, -0.2) is 52.6 Å². The number of carbonyl (C=O) groups is 2. The Balaban J connectivity index is 2.83. The average Bonchev–Trinajstić information content (AvgIpc) is 2.42. The zero-order chi connectivity index (χ0) is 15.3. The molecule has 5 nitrogen and oxygen atoms in total. The van der Waals surface area contributed by atoms with E-state index in [-0.39, 0.29) is 6.03 Å². The second-order valence-electron chi connectivity index (χ2n) is 5.60. The van der Waals surface area contributed by atoms with Crippen LogP contribution >= 0.6 is 0 Å². The van der Waals surface area contributed by atoms with Crippen LogP contribution in [0.1, 0.15) is 40.0 Å². The summed E-state index contributed by atoms with van der Waals surface area (Å²) in [4.78, 5) is 27.1. The number of hydrogen-bond acceptors (Lipinski definition) is 2. The monoisotopic (exact) mass is 282 g/mol. The van der Waals surface area contributed by atoms with E-state index in [1.807, 2.05) is 13.8 Å². The highest BCUT2D eigenvalue weighted by molar-refractivity contribution is 5.83. The number of piperidine rings is 1. The molecule has 0 aromatic heterocycles. The third kappa shape index (κ3) is 3.99. The van der Waals surface area contributed by atoms with E-state index in [4.69, 9.17) is 0 Å². The van der Waals surface area contributed by atoms with Crippen molar-refractivity contribution in [3.8, 4) is 0 Å². The maximum absolute atomic E-state index is 12.5. The van der Waals surface area contributed by atoms with Gasteiger partial charge in [0.15, 0.2) is 0 Å². The molecule has 1 fully saturated rings. The van der Waals surface area contributed by atoms with Crippen molar-refractivity contribution in [1.29, 1.82) is 0 Å². The van der Waals surface area contributed by atoms with Crippen molar-refractivity contribution in [2.75, 3.05) is 19.6 Å². The van der Waals surface area contributed by atoms with Gasteiger partial charge in [0.05, 0.1) is 0 Å². The van der Waals surface area contributed by atoms with Crippen molar-refractivity contribution in [2.45, 2.75) is 46.1 Å².